The van der Waals surface area contributed by atoms with Gasteiger partial charge in [0.25, 0.3) is 0 Å². The normalized spacial score (nSPS) is 10.8. The molecule has 0 unspecified atom stereocenters. The molecule has 1 aromatic carbocycles. The summed E-state index contributed by atoms with van der Waals surface area (Å²) >= 11 is 1.30. The molecule has 0 saturated heterocycles. The van der Waals surface area contributed by atoms with Gasteiger partial charge in [-0.1, -0.05) is 25.2 Å². The van der Waals surface area contributed by atoms with Crippen LogP contribution in [0.2, 0.25) is 0 Å². The summed E-state index contributed by atoms with van der Waals surface area (Å²) in [4.78, 5) is 30.2. The maximum absolute atomic E-state index is 11.9. The van der Waals surface area contributed by atoms with Crippen LogP contribution < -0.4 is 15.4 Å². The number of amides is 2. The monoisotopic (exact) mass is 350 g/mol. The summed E-state index contributed by atoms with van der Waals surface area (Å²) in [6.07, 6.45) is 0. The number of rotatable bonds is 7. The Bertz CT molecular complexity index is 712. The molecule has 24 heavy (non-hydrogen) atoms. The van der Waals surface area contributed by atoms with Gasteiger partial charge >= 0.3 is 11.8 Å². The predicted molar refractivity (Wildman–Crippen MR) is 95.6 cm³/mol. The Labute approximate surface area is 145 Å². The van der Waals surface area contributed by atoms with Crippen molar-refractivity contribution in [2.45, 2.75) is 13.8 Å². The number of carbonyl (C=O) groups excluding carboxylic acids is 2. The first-order valence-electron chi connectivity index (χ1n) is 7.83. The molecule has 1 heterocycles. The lowest BCUT2D eigenvalue weighted by Crippen LogP contribution is -2.40. The van der Waals surface area contributed by atoms with Crippen LogP contribution in [0, 0.1) is 0 Å². The Morgan fingerprint density at radius 3 is 2.67 bits per heavy atom. The highest BCUT2D eigenvalue weighted by Crippen LogP contribution is 2.28. The first kappa shape index (κ1) is 18.2. The second kappa shape index (κ2) is 8.60. The van der Waals surface area contributed by atoms with Crippen molar-refractivity contribution in [3.8, 4) is 5.75 Å². The molecule has 0 aliphatic rings. The molecule has 0 bridgehead atoms. The molecule has 8 heteroatoms. The van der Waals surface area contributed by atoms with Gasteiger partial charge in [0.1, 0.15) is 5.75 Å². The van der Waals surface area contributed by atoms with E-state index < -0.39 is 11.8 Å². The number of aromatic nitrogens is 1. The van der Waals surface area contributed by atoms with E-state index in [9.17, 15) is 9.59 Å². The van der Waals surface area contributed by atoms with E-state index in [-0.39, 0.29) is 0 Å². The first-order chi connectivity index (χ1) is 11.6. The van der Waals surface area contributed by atoms with Crippen molar-refractivity contribution in [2.24, 2.45) is 0 Å². The summed E-state index contributed by atoms with van der Waals surface area (Å²) in [7, 11) is 1.59. The zero-order valence-corrected chi connectivity index (χ0v) is 14.9. The van der Waals surface area contributed by atoms with E-state index in [1.54, 1.807) is 13.2 Å². The summed E-state index contributed by atoms with van der Waals surface area (Å²) in [5, 5.41) is 5.55. The van der Waals surface area contributed by atoms with Gasteiger partial charge in [0, 0.05) is 13.1 Å². The van der Waals surface area contributed by atoms with Crippen molar-refractivity contribution >= 4 is 38.5 Å². The van der Waals surface area contributed by atoms with Gasteiger partial charge in [-0.25, -0.2) is 4.98 Å². The third-order valence-corrected chi connectivity index (χ3v) is 4.56. The van der Waals surface area contributed by atoms with Crippen LogP contribution in [0.5, 0.6) is 5.75 Å². The Morgan fingerprint density at radius 1 is 1.25 bits per heavy atom. The second-order valence-corrected chi connectivity index (χ2v) is 6.12. The molecule has 0 aliphatic heterocycles. The van der Waals surface area contributed by atoms with Gasteiger partial charge in [0.15, 0.2) is 5.13 Å². The standard InChI is InChI=1S/C16H22N4O3S/c1-4-20(5-2)9-8-17-14(21)15(22)19-16-18-12-7-6-11(23-3)10-13(12)24-16/h6-7,10H,4-5,8-9H2,1-3H3,(H,17,21)(H,18,19,22). The van der Waals surface area contributed by atoms with Crippen LogP contribution >= 0.6 is 11.3 Å². The number of ether oxygens (including phenoxy) is 1. The smallest absolute Gasteiger partial charge is 0.315 e. The lowest BCUT2D eigenvalue weighted by Gasteiger charge is -2.17. The average molecular weight is 350 g/mol. The molecule has 2 rings (SSSR count). The van der Waals surface area contributed by atoms with Gasteiger partial charge in [0.2, 0.25) is 0 Å². The van der Waals surface area contributed by atoms with Gasteiger partial charge in [-0.3, -0.25) is 14.9 Å². The third kappa shape index (κ3) is 4.65. The van der Waals surface area contributed by atoms with Crippen molar-refractivity contribution in [2.75, 3.05) is 38.6 Å². The van der Waals surface area contributed by atoms with E-state index in [1.807, 2.05) is 12.1 Å². The summed E-state index contributed by atoms with van der Waals surface area (Å²) < 4.78 is 6.04. The second-order valence-electron chi connectivity index (χ2n) is 5.09. The number of methoxy groups -OCH3 is 1. The Hall–Kier alpha value is -2.19. The van der Waals surface area contributed by atoms with E-state index in [0.717, 1.165) is 29.1 Å². The van der Waals surface area contributed by atoms with Crippen LogP contribution in [-0.2, 0) is 9.59 Å². The number of benzene rings is 1. The zero-order chi connectivity index (χ0) is 17.5. The van der Waals surface area contributed by atoms with Gasteiger partial charge < -0.3 is 15.0 Å². The minimum Gasteiger partial charge on any atom is -0.497 e. The van der Waals surface area contributed by atoms with Gasteiger partial charge in [0.05, 0.1) is 17.3 Å². The molecule has 1 aromatic heterocycles. The molecule has 0 atom stereocenters. The number of thiazole rings is 1. The fourth-order valence-electron chi connectivity index (χ4n) is 2.19. The van der Waals surface area contributed by atoms with Crippen LogP contribution in [0.15, 0.2) is 18.2 Å². The molecular formula is C16H22N4O3S. The third-order valence-electron chi connectivity index (χ3n) is 3.63. The van der Waals surface area contributed by atoms with Crippen LogP contribution in [0.1, 0.15) is 13.8 Å². The Balaban J connectivity index is 1.90. The molecule has 0 radical (unpaired) electrons. The van der Waals surface area contributed by atoms with Gasteiger partial charge in [-0.2, -0.15) is 0 Å². The molecule has 0 aliphatic carbocycles. The molecule has 2 aromatic rings. The molecule has 2 N–H and O–H groups in total. The lowest BCUT2D eigenvalue weighted by atomic mass is 10.3. The van der Waals surface area contributed by atoms with E-state index in [2.05, 4.69) is 34.4 Å². The van der Waals surface area contributed by atoms with E-state index in [4.69, 9.17) is 4.74 Å². The fourth-order valence-corrected chi connectivity index (χ4v) is 3.08. The summed E-state index contributed by atoms with van der Waals surface area (Å²) in [6, 6.07) is 5.45. The molecule has 0 spiro atoms. The Kier molecular flexibility index (Phi) is 6.51. The maximum atomic E-state index is 11.9. The largest absolute Gasteiger partial charge is 0.497 e. The molecule has 130 valence electrons. The lowest BCUT2D eigenvalue weighted by molar-refractivity contribution is -0.136. The van der Waals surface area contributed by atoms with Crippen molar-refractivity contribution in [1.82, 2.24) is 15.2 Å². The van der Waals surface area contributed by atoms with E-state index in [0.29, 0.717) is 18.2 Å². The number of carbonyl (C=O) groups is 2. The maximum Gasteiger partial charge on any atom is 0.315 e. The number of fused-ring (bicyclic) bond motifs is 1. The number of nitrogens with zero attached hydrogens (tertiary/aromatic N) is 2. The number of hydrogen-bond acceptors (Lipinski definition) is 6. The minimum absolute atomic E-state index is 0.391. The number of nitrogens with one attached hydrogen (secondary N) is 2. The van der Waals surface area contributed by atoms with Gasteiger partial charge in [-0.05, 0) is 31.3 Å². The number of hydrogen-bond donors (Lipinski definition) is 2. The minimum atomic E-state index is -0.708. The Morgan fingerprint density at radius 2 is 2.00 bits per heavy atom. The van der Waals surface area contributed by atoms with Crippen LogP contribution in [0.4, 0.5) is 5.13 Å². The zero-order valence-electron chi connectivity index (χ0n) is 14.1. The number of anilines is 1. The van der Waals surface area contributed by atoms with Crippen molar-refractivity contribution in [3.63, 3.8) is 0 Å². The summed E-state index contributed by atoms with van der Waals surface area (Å²) in [6.45, 7) is 7.08. The number of likely N-dealkylation sites (N-methyl/N-ethyl adjacent to an activating group) is 1. The highest BCUT2D eigenvalue weighted by Gasteiger charge is 2.16. The molecule has 0 saturated carbocycles. The molecule has 7 nitrogen and oxygen atoms in total. The quantitative estimate of drug-likeness (QED) is 0.743. The topological polar surface area (TPSA) is 83.6 Å². The summed E-state index contributed by atoms with van der Waals surface area (Å²) in [5.74, 6) is -0.641. The van der Waals surface area contributed by atoms with Crippen LogP contribution in [0.25, 0.3) is 10.2 Å². The SMILES string of the molecule is CCN(CC)CCNC(=O)C(=O)Nc1nc2ccc(OC)cc2s1. The fraction of sp³-hybridized carbons (Fsp3) is 0.438. The van der Waals surface area contributed by atoms with Crippen LogP contribution in [-0.4, -0.2) is 55.0 Å². The highest BCUT2D eigenvalue weighted by atomic mass is 32.1. The first-order valence-corrected chi connectivity index (χ1v) is 8.65. The van der Waals surface area contributed by atoms with Crippen LogP contribution in [0.3, 0.4) is 0 Å². The summed E-state index contributed by atoms with van der Waals surface area (Å²) in [5.41, 5.74) is 0.748. The van der Waals surface area contributed by atoms with Crippen molar-refractivity contribution in [3.05, 3.63) is 18.2 Å². The van der Waals surface area contributed by atoms with E-state index in [1.165, 1.54) is 11.3 Å². The van der Waals surface area contributed by atoms with E-state index >= 15 is 0 Å². The molecule has 0 fully saturated rings. The van der Waals surface area contributed by atoms with Crippen molar-refractivity contribution < 1.29 is 14.3 Å². The van der Waals surface area contributed by atoms with Crippen molar-refractivity contribution in [1.29, 1.82) is 0 Å². The average Bonchev–Trinajstić information content (AvgIpc) is 2.99. The van der Waals surface area contributed by atoms with Gasteiger partial charge in [-0.15, -0.1) is 0 Å². The molecular weight excluding hydrogens is 328 g/mol. The molecule has 2 amide bonds. The predicted octanol–water partition coefficient (Wildman–Crippen LogP) is 1.70. The highest BCUT2D eigenvalue weighted by molar-refractivity contribution is 7.22.